The van der Waals surface area contributed by atoms with Crippen LogP contribution in [0.15, 0.2) is 34.1 Å². The van der Waals surface area contributed by atoms with Crippen molar-refractivity contribution in [3.8, 4) is 0 Å². The number of nitro benzene ring substituents is 1. The van der Waals surface area contributed by atoms with Crippen LogP contribution in [0.5, 0.6) is 0 Å². The molecule has 2 aromatic rings. The predicted octanol–water partition coefficient (Wildman–Crippen LogP) is 4.28. The molecular weight excluding hydrogens is 447 g/mol. The van der Waals surface area contributed by atoms with E-state index in [0.29, 0.717) is 15.7 Å². The van der Waals surface area contributed by atoms with Crippen molar-refractivity contribution in [1.29, 1.82) is 0 Å². The number of benzene rings is 1. The molecule has 1 aromatic heterocycles. The van der Waals surface area contributed by atoms with E-state index in [2.05, 4.69) is 43.8 Å². The fourth-order valence-corrected chi connectivity index (χ4v) is 3.08. The van der Waals surface area contributed by atoms with Gasteiger partial charge in [-0.05, 0) is 56.7 Å². The molecule has 1 heterocycles. The molecule has 8 heteroatoms. The van der Waals surface area contributed by atoms with Crippen LogP contribution in [0, 0.1) is 13.0 Å². The minimum Gasteiger partial charge on any atom is -0.322 e. The monoisotopic (exact) mass is 452 g/mol. The largest absolute Gasteiger partial charge is 0.322 e. The molecule has 0 spiro atoms. The first kappa shape index (κ1) is 14.4. The molecule has 0 aliphatic carbocycles. The Morgan fingerprint density at radius 2 is 2.16 bits per heavy atom. The van der Waals surface area contributed by atoms with Gasteiger partial charge in [-0.15, -0.1) is 11.3 Å². The van der Waals surface area contributed by atoms with Gasteiger partial charge in [0.15, 0.2) is 0 Å². The molecule has 1 amide bonds. The molecule has 0 bridgehead atoms. The highest BCUT2D eigenvalue weighted by atomic mass is 127. The van der Waals surface area contributed by atoms with Crippen LogP contribution < -0.4 is 5.32 Å². The van der Waals surface area contributed by atoms with E-state index < -0.39 is 4.92 Å². The Morgan fingerprint density at radius 1 is 1.42 bits per heavy atom. The number of thiophene rings is 1. The van der Waals surface area contributed by atoms with Crippen LogP contribution in [-0.2, 0) is 0 Å². The van der Waals surface area contributed by atoms with Crippen molar-refractivity contribution in [1.82, 2.24) is 0 Å². The summed E-state index contributed by atoms with van der Waals surface area (Å²) in [4.78, 5) is 22.2. The first-order valence-corrected chi connectivity index (χ1v) is 7.72. The number of nitro groups is 1. The maximum Gasteiger partial charge on any atom is 0.285 e. The summed E-state index contributed by atoms with van der Waals surface area (Å²) in [6.45, 7) is 0. The third-order valence-electron chi connectivity index (χ3n) is 2.23. The Hall–Kier alpha value is -1.00. The Kier molecular flexibility index (Phi) is 4.53. The van der Waals surface area contributed by atoms with Gasteiger partial charge in [0.1, 0.15) is 0 Å². The quantitative estimate of drug-likeness (QED) is 0.429. The molecule has 5 nitrogen and oxygen atoms in total. The SMILES string of the molecule is O=C(Nc1ccc(Br)c([N+](=O)[O-])c1)c1csc(I)c1. The van der Waals surface area contributed by atoms with E-state index in [1.165, 1.54) is 23.5 Å². The lowest BCUT2D eigenvalue weighted by atomic mass is 10.2. The van der Waals surface area contributed by atoms with E-state index in [1.54, 1.807) is 17.5 Å². The molecular formula is C11H6BrIN2O3S. The third-order valence-corrected chi connectivity index (χ3v) is 4.69. The lowest BCUT2D eigenvalue weighted by molar-refractivity contribution is -0.385. The average Bonchev–Trinajstić information content (AvgIpc) is 2.78. The highest BCUT2D eigenvalue weighted by molar-refractivity contribution is 14.1. The third kappa shape index (κ3) is 3.51. The van der Waals surface area contributed by atoms with Gasteiger partial charge in [-0.3, -0.25) is 14.9 Å². The van der Waals surface area contributed by atoms with Crippen molar-refractivity contribution in [2.75, 3.05) is 5.32 Å². The minimum atomic E-state index is -0.507. The fourth-order valence-electron chi connectivity index (χ4n) is 1.36. The van der Waals surface area contributed by atoms with Gasteiger partial charge in [0.05, 0.1) is 17.8 Å². The average molecular weight is 453 g/mol. The smallest absolute Gasteiger partial charge is 0.285 e. The Labute approximate surface area is 134 Å². The molecule has 0 aliphatic heterocycles. The lowest BCUT2D eigenvalue weighted by Gasteiger charge is -2.04. The van der Waals surface area contributed by atoms with E-state index in [9.17, 15) is 14.9 Å². The number of nitrogens with zero attached hydrogens (tertiary/aromatic N) is 1. The number of carbonyl (C=O) groups is 1. The van der Waals surface area contributed by atoms with Gasteiger partial charge in [0, 0.05) is 17.1 Å². The number of carbonyl (C=O) groups excluding carboxylic acids is 1. The van der Waals surface area contributed by atoms with E-state index in [0.717, 1.165) is 2.88 Å². The number of hydrogen-bond donors (Lipinski definition) is 1. The summed E-state index contributed by atoms with van der Waals surface area (Å²) >= 11 is 6.68. The zero-order valence-corrected chi connectivity index (χ0v) is 13.8. The first-order valence-electron chi connectivity index (χ1n) is 4.96. The summed E-state index contributed by atoms with van der Waals surface area (Å²) in [6.07, 6.45) is 0. The normalized spacial score (nSPS) is 10.2. The van der Waals surface area contributed by atoms with Gasteiger partial charge in [0.25, 0.3) is 11.6 Å². The number of hydrogen-bond acceptors (Lipinski definition) is 4. The molecule has 0 unspecified atom stereocenters. The van der Waals surface area contributed by atoms with Crippen molar-refractivity contribution in [3.05, 3.63) is 52.7 Å². The van der Waals surface area contributed by atoms with Gasteiger partial charge < -0.3 is 5.32 Å². The zero-order chi connectivity index (χ0) is 14.0. The topological polar surface area (TPSA) is 72.2 Å². The van der Waals surface area contributed by atoms with Crippen LogP contribution in [0.3, 0.4) is 0 Å². The fraction of sp³-hybridized carbons (Fsp3) is 0. The Bertz CT molecular complexity index is 659. The standard InChI is InChI=1S/C11H6BrIN2O3S/c12-8-2-1-7(4-9(8)15(17)18)14-11(16)6-3-10(13)19-5-6/h1-5H,(H,14,16). The van der Waals surface area contributed by atoms with Crippen molar-refractivity contribution >= 4 is 67.1 Å². The van der Waals surface area contributed by atoms with Crippen molar-refractivity contribution in [2.45, 2.75) is 0 Å². The predicted molar refractivity (Wildman–Crippen MR) is 85.8 cm³/mol. The molecule has 0 atom stereocenters. The molecule has 98 valence electrons. The van der Waals surface area contributed by atoms with Gasteiger partial charge in [-0.1, -0.05) is 0 Å². The number of anilines is 1. The second-order valence-corrected chi connectivity index (χ2v) is 7.18. The van der Waals surface area contributed by atoms with Crippen LogP contribution in [0.1, 0.15) is 10.4 Å². The van der Waals surface area contributed by atoms with Crippen LogP contribution in [0.25, 0.3) is 0 Å². The lowest BCUT2D eigenvalue weighted by Crippen LogP contribution is -2.11. The zero-order valence-electron chi connectivity index (χ0n) is 9.22. The van der Waals surface area contributed by atoms with Gasteiger partial charge in [-0.25, -0.2) is 0 Å². The first-order chi connectivity index (χ1) is 8.97. The highest BCUT2D eigenvalue weighted by Gasteiger charge is 2.14. The molecule has 19 heavy (non-hydrogen) atoms. The number of amides is 1. The van der Waals surface area contributed by atoms with Gasteiger partial charge in [0.2, 0.25) is 0 Å². The number of rotatable bonds is 3. The molecule has 0 saturated heterocycles. The Balaban J connectivity index is 2.22. The second-order valence-electron chi connectivity index (χ2n) is 3.52. The van der Waals surface area contributed by atoms with E-state index in [1.807, 2.05) is 0 Å². The van der Waals surface area contributed by atoms with Crippen molar-refractivity contribution in [2.24, 2.45) is 0 Å². The highest BCUT2D eigenvalue weighted by Crippen LogP contribution is 2.28. The Morgan fingerprint density at radius 3 is 2.74 bits per heavy atom. The summed E-state index contributed by atoms with van der Waals surface area (Å²) in [6, 6.07) is 6.21. The number of halogens is 2. The molecule has 0 saturated carbocycles. The van der Waals surface area contributed by atoms with E-state index >= 15 is 0 Å². The van der Waals surface area contributed by atoms with Gasteiger partial charge in [-0.2, -0.15) is 0 Å². The maximum absolute atomic E-state index is 11.9. The van der Waals surface area contributed by atoms with Crippen LogP contribution >= 0.6 is 49.9 Å². The second kappa shape index (κ2) is 5.97. The van der Waals surface area contributed by atoms with Gasteiger partial charge >= 0.3 is 0 Å². The molecule has 0 aliphatic rings. The van der Waals surface area contributed by atoms with E-state index in [4.69, 9.17) is 0 Å². The summed E-state index contributed by atoms with van der Waals surface area (Å²) in [5, 5.41) is 15.2. The summed E-state index contributed by atoms with van der Waals surface area (Å²) < 4.78 is 1.38. The number of nitrogens with one attached hydrogen (secondary N) is 1. The molecule has 0 fully saturated rings. The van der Waals surface area contributed by atoms with Crippen molar-refractivity contribution in [3.63, 3.8) is 0 Å². The molecule has 1 N–H and O–H groups in total. The van der Waals surface area contributed by atoms with Crippen LogP contribution in [0.4, 0.5) is 11.4 Å². The summed E-state index contributed by atoms with van der Waals surface area (Å²) in [5.41, 5.74) is 0.846. The summed E-state index contributed by atoms with van der Waals surface area (Å²) in [7, 11) is 0. The minimum absolute atomic E-state index is 0.0855. The molecule has 1 aromatic carbocycles. The maximum atomic E-state index is 11.9. The van der Waals surface area contributed by atoms with Crippen LogP contribution in [0.2, 0.25) is 0 Å². The molecule has 2 rings (SSSR count). The summed E-state index contributed by atoms with van der Waals surface area (Å²) in [5.74, 6) is -0.282. The van der Waals surface area contributed by atoms with E-state index in [-0.39, 0.29) is 11.6 Å². The van der Waals surface area contributed by atoms with Crippen LogP contribution in [-0.4, -0.2) is 10.8 Å². The van der Waals surface area contributed by atoms with Crippen molar-refractivity contribution < 1.29 is 9.72 Å². The molecule has 0 radical (unpaired) electrons.